The maximum atomic E-state index is 13.2. The predicted molar refractivity (Wildman–Crippen MR) is 206 cm³/mol. The van der Waals surface area contributed by atoms with Crippen molar-refractivity contribution < 1.29 is 57.8 Å². The Morgan fingerprint density at radius 2 is 0.857 bits per heavy atom. The van der Waals surface area contributed by atoms with Gasteiger partial charge in [0.2, 0.25) is 0 Å². The summed E-state index contributed by atoms with van der Waals surface area (Å²) < 4.78 is 121. The fraction of sp³-hybridized carbons (Fsp3) is 0.0571. The van der Waals surface area contributed by atoms with Crippen LogP contribution in [0.2, 0.25) is 0 Å². The van der Waals surface area contributed by atoms with Crippen molar-refractivity contribution in [3.05, 3.63) is 108 Å². The van der Waals surface area contributed by atoms with Gasteiger partial charge in [-0.25, -0.2) is 31.1 Å². The van der Waals surface area contributed by atoms with Gasteiger partial charge in [0.05, 0.1) is 19.6 Å². The first-order valence-corrected chi connectivity index (χ1v) is 21.7. The molecule has 6 aromatic rings. The largest absolute Gasteiger partial charge is 0.507 e. The molecule has 0 aliphatic carbocycles. The van der Waals surface area contributed by atoms with Crippen molar-refractivity contribution in [1.29, 1.82) is 0 Å². The molecule has 0 aromatic heterocycles. The molecule has 0 spiro atoms. The van der Waals surface area contributed by atoms with E-state index in [0.29, 0.717) is 22.5 Å². The number of amides is 2. The van der Waals surface area contributed by atoms with Crippen LogP contribution < -0.4 is 20.1 Å². The second-order valence-electron chi connectivity index (χ2n) is 12.5. The molecule has 0 saturated carbocycles. The molecule has 56 heavy (non-hydrogen) atoms. The number of carbonyl (C=O) groups is 1. The van der Waals surface area contributed by atoms with Crippen LogP contribution in [0.15, 0.2) is 117 Å². The summed E-state index contributed by atoms with van der Waals surface area (Å²) in [5.74, 6) is -0.885. The Labute approximate surface area is 320 Å². The average Bonchev–Trinajstić information content (AvgIpc) is 3.09. The van der Waals surface area contributed by atoms with Crippen LogP contribution in [-0.2, 0) is 40.3 Å². The van der Waals surface area contributed by atoms with Crippen molar-refractivity contribution in [3.8, 4) is 11.5 Å². The molecule has 0 fully saturated rings. The number of benzene rings is 6. The molecule has 0 atom stereocenters. The summed E-state index contributed by atoms with van der Waals surface area (Å²) in [5, 5.41) is 27.8. The van der Waals surface area contributed by atoms with Gasteiger partial charge in [0.25, 0.3) is 40.3 Å². The number of sulfonamides is 2. The average molecular weight is 843 g/mol. The van der Waals surface area contributed by atoms with Crippen LogP contribution in [0.25, 0.3) is 21.5 Å². The molecule has 0 radical (unpaired) electrons. The number of anilines is 4. The highest BCUT2D eigenvalue weighted by atomic mass is 32.2. The number of urea groups is 1. The maximum absolute atomic E-state index is 13.2. The van der Waals surface area contributed by atoms with Crippen molar-refractivity contribution in [2.75, 3.05) is 10.6 Å². The van der Waals surface area contributed by atoms with Crippen molar-refractivity contribution in [3.63, 3.8) is 0 Å². The van der Waals surface area contributed by atoms with Crippen LogP contribution in [0.1, 0.15) is 11.1 Å². The van der Waals surface area contributed by atoms with Gasteiger partial charge in [0.15, 0.2) is 0 Å². The number of phenols is 2. The first-order valence-electron chi connectivity index (χ1n) is 15.8. The van der Waals surface area contributed by atoms with Crippen LogP contribution in [0.5, 0.6) is 11.5 Å². The summed E-state index contributed by atoms with van der Waals surface area (Å²) in [6, 6.07) is 18.9. The van der Waals surface area contributed by atoms with Crippen molar-refractivity contribution in [2.45, 2.75) is 33.4 Å². The lowest BCUT2D eigenvalue weighted by molar-refractivity contribution is 0.250. The molecule has 0 unspecified atom stereocenters. The van der Waals surface area contributed by atoms with Gasteiger partial charge in [0, 0.05) is 45.7 Å². The zero-order chi connectivity index (χ0) is 41.0. The molecule has 21 heteroatoms. The van der Waals surface area contributed by atoms with Crippen molar-refractivity contribution in [1.82, 2.24) is 9.44 Å². The van der Waals surface area contributed by atoms with Crippen LogP contribution in [-0.4, -0.2) is 59.0 Å². The standard InChI is InChI=1S/C35H30N4O13S4/c1-19-3-9-25(15-31(19)36-23-7-5-21-11-27(55(47,48)49)17-33(40)29(21)13-23)53(43,44)38-35(42)39-54(45,46)26-10-4-20(2)32(16-26)37-24-8-6-22-12-28(56(50,51)52)18-34(41)30(22)14-24/h3-18,36-37,40-41H,1-2H3,(H2,38,39,42)(H,47,48,49)(H,50,51,52). The summed E-state index contributed by atoms with van der Waals surface area (Å²) in [7, 11) is -18.5. The lowest BCUT2D eigenvalue weighted by atomic mass is 10.1. The number of rotatable bonds is 10. The van der Waals surface area contributed by atoms with Crippen molar-refractivity contribution in [2.24, 2.45) is 0 Å². The van der Waals surface area contributed by atoms with Gasteiger partial charge in [-0.05, 0) is 96.4 Å². The third-order valence-electron chi connectivity index (χ3n) is 8.46. The van der Waals surface area contributed by atoms with E-state index in [1.54, 1.807) is 23.3 Å². The summed E-state index contributed by atoms with van der Waals surface area (Å²) in [6.45, 7) is 3.30. The fourth-order valence-electron chi connectivity index (χ4n) is 5.58. The third kappa shape index (κ3) is 8.46. The normalized spacial score (nSPS) is 12.4. The molecule has 0 saturated heterocycles. The number of aryl methyl sites for hydroxylation is 2. The molecule has 292 valence electrons. The van der Waals surface area contributed by atoms with Crippen LogP contribution in [0.3, 0.4) is 0 Å². The molecule has 6 rings (SSSR count). The van der Waals surface area contributed by atoms with E-state index in [9.17, 15) is 57.8 Å². The molecular weight excluding hydrogens is 813 g/mol. The molecule has 8 N–H and O–H groups in total. The summed E-state index contributed by atoms with van der Waals surface area (Å²) >= 11 is 0. The fourth-order valence-corrected chi connectivity index (χ4v) is 8.58. The Bertz CT molecular complexity index is 2880. The Kier molecular flexibility index (Phi) is 10.1. The highest BCUT2D eigenvalue weighted by Gasteiger charge is 2.25. The van der Waals surface area contributed by atoms with E-state index in [4.69, 9.17) is 0 Å². The van der Waals surface area contributed by atoms with Crippen LogP contribution >= 0.6 is 0 Å². The highest BCUT2D eigenvalue weighted by Crippen LogP contribution is 2.34. The number of hydrogen-bond acceptors (Lipinski definition) is 13. The van der Waals surface area contributed by atoms with E-state index >= 15 is 0 Å². The minimum Gasteiger partial charge on any atom is -0.507 e. The lowest BCUT2D eigenvalue weighted by Crippen LogP contribution is -2.42. The van der Waals surface area contributed by atoms with E-state index in [2.05, 4.69) is 10.6 Å². The molecule has 0 bridgehead atoms. The number of fused-ring (bicyclic) bond motifs is 2. The van der Waals surface area contributed by atoms with Gasteiger partial charge in [-0.15, -0.1) is 0 Å². The van der Waals surface area contributed by atoms with Crippen LogP contribution in [0, 0.1) is 13.8 Å². The van der Waals surface area contributed by atoms with E-state index in [1.165, 1.54) is 72.8 Å². The van der Waals surface area contributed by atoms with Gasteiger partial charge in [0.1, 0.15) is 11.5 Å². The minimum atomic E-state index is -4.66. The van der Waals surface area contributed by atoms with E-state index < -0.39 is 77.4 Å². The third-order valence-corrected chi connectivity index (χ3v) is 12.8. The van der Waals surface area contributed by atoms with Gasteiger partial charge in [-0.3, -0.25) is 9.11 Å². The summed E-state index contributed by atoms with van der Waals surface area (Å²) in [6.07, 6.45) is 0. The molecule has 17 nitrogen and oxygen atoms in total. The van der Waals surface area contributed by atoms with Gasteiger partial charge in [-0.2, -0.15) is 16.8 Å². The molecular formula is C35H30N4O13S4. The number of nitrogens with one attached hydrogen (secondary N) is 4. The molecule has 2 amide bonds. The Balaban J connectivity index is 1.18. The van der Waals surface area contributed by atoms with Gasteiger partial charge in [-0.1, -0.05) is 24.3 Å². The number of phenolic OH excluding ortho intramolecular Hbond substituents is 2. The quantitative estimate of drug-likeness (QED) is 0.0804. The Hall–Kier alpha value is -5.97. The molecule has 0 aliphatic heterocycles. The number of hydrogen-bond donors (Lipinski definition) is 8. The monoisotopic (exact) mass is 842 g/mol. The Morgan fingerprint density at radius 1 is 0.482 bits per heavy atom. The van der Waals surface area contributed by atoms with Crippen molar-refractivity contribution >= 4 is 90.6 Å². The first-order chi connectivity index (χ1) is 26.0. The Morgan fingerprint density at radius 3 is 1.21 bits per heavy atom. The molecule has 0 heterocycles. The van der Waals surface area contributed by atoms with E-state index in [1.807, 2.05) is 0 Å². The number of aromatic hydroxyl groups is 2. The summed E-state index contributed by atoms with van der Waals surface area (Å²) in [4.78, 5) is 11.0. The number of carbonyl (C=O) groups excluding carboxylic acids is 1. The summed E-state index contributed by atoms with van der Waals surface area (Å²) in [5.41, 5.74) is 2.30. The van der Waals surface area contributed by atoms with Gasteiger partial charge < -0.3 is 20.8 Å². The predicted octanol–water partition coefficient (Wildman–Crippen LogP) is 5.38. The first kappa shape index (κ1) is 39.7. The zero-order valence-electron chi connectivity index (χ0n) is 28.8. The highest BCUT2D eigenvalue weighted by molar-refractivity contribution is 7.91. The zero-order valence-corrected chi connectivity index (χ0v) is 32.1. The second kappa shape index (κ2) is 14.3. The van der Waals surface area contributed by atoms with Crippen LogP contribution in [0.4, 0.5) is 27.5 Å². The minimum absolute atomic E-state index is 0.216. The molecule has 0 aliphatic rings. The second-order valence-corrected chi connectivity index (χ2v) is 18.7. The topological polar surface area (TPSA) is 283 Å². The van der Waals surface area contributed by atoms with Gasteiger partial charge >= 0.3 is 6.03 Å². The SMILES string of the molecule is Cc1ccc(S(=O)(=O)NC(=O)NS(=O)(=O)c2ccc(C)c(Nc3ccc4cc(S(=O)(=O)O)cc(O)c4c3)c2)cc1Nc1ccc2cc(S(=O)(=O)O)cc(O)c2c1. The van der Waals surface area contributed by atoms with E-state index in [0.717, 1.165) is 24.3 Å². The van der Waals surface area contributed by atoms with E-state index in [-0.39, 0.29) is 32.9 Å². The smallest absolute Gasteiger partial charge is 0.342 e. The molecule has 6 aromatic carbocycles. The lowest BCUT2D eigenvalue weighted by Gasteiger charge is -2.15. The maximum Gasteiger partial charge on any atom is 0.342 e.